The molecule has 1 fully saturated rings. The van der Waals surface area contributed by atoms with Crippen LogP contribution in [-0.2, 0) is 20.0 Å². The van der Waals surface area contributed by atoms with Crippen molar-refractivity contribution in [1.29, 1.82) is 0 Å². The van der Waals surface area contributed by atoms with Gasteiger partial charge in [-0.05, 0) is 62.4 Å². The molecule has 0 spiro atoms. The fraction of sp³-hybridized carbons (Fsp3) is 0.407. The van der Waals surface area contributed by atoms with Crippen LogP contribution in [0.25, 0.3) is 10.8 Å². The standard InChI is InChI=1S/C27H35N3O5S2/c1-20-8-6-9-21(2)30(20)19-23(29-36(31,32)25-16-14-24(35-3)15-17-25)18-28-37(33,34)27-13-7-11-22-10-4-5-12-26(22)27/h4-5,7,10-17,20-21,23,28-29H,6,8-9,18-19H2,1-3H3/t20-,21+,23-/m0/s1. The third-order valence-corrected chi connectivity index (χ3v) is 10.1. The van der Waals surface area contributed by atoms with E-state index in [1.807, 2.05) is 18.2 Å². The first-order valence-corrected chi connectivity index (χ1v) is 15.5. The molecule has 1 heterocycles. The molecule has 3 atom stereocenters. The molecule has 4 rings (SSSR count). The molecule has 8 nitrogen and oxygen atoms in total. The molecular weight excluding hydrogens is 510 g/mol. The third-order valence-electron chi connectivity index (χ3n) is 7.06. The van der Waals surface area contributed by atoms with E-state index in [4.69, 9.17) is 4.74 Å². The lowest BCUT2D eigenvalue weighted by Gasteiger charge is -2.41. The Bertz CT molecular complexity index is 1410. The van der Waals surface area contributed by atoms with Crippen molar-refractivity contribution >= 4 is 30.8 Å². The van der Waals surface area contributed by atoms with E-state index >= 15 is 0 Å². The summed E-state index contributed by atoms with van der Waals surface area (Å²) in [7, 11) is -6.29. The molecule has 3 aromatic carbocycles. The summed E-state index contributed by atoms with van der Waals surface area (Å²) in [6, 6.07) is 18.4. The molecule has 0 aliphatic carbocycles. The summed E-state index contributed by atoms with van der Waals surface area (Å²) in [4.78, 5) is 2.52. The van der Waals surface area contributed by atoms with E-state index in [-0.39, 0.29) is 28.4 Å². The van der Waals surface area contributed by atoms with Gasteiger partial charge >= 0.3 is 0 Å². The monoisotopic (exact) mass is 545 g/mol. The van der Waals surface area contributed by atoms with Crippen LogP contribution in [0.1, 0.15) is 33.1 Å². The van der Waals surface area contributed by atoms with Crippen molar-refractivity contribution in [3.05, 3.63) is 66.7 Å². The Balaban J connectivity index is 1.59. The van der Waals surface area contributed by atoms with E-state index in [0.717, 1.165) is 24.6 Å². The second kappa shape index (κ2) is 11.5. The highest BCUT2D eigenvalue weighted by Gasteiger charge is 2.30. The van der Waals surface area contributed by atoms with E-state index < -0.39 is 26.1 Å². The average Bonchev–Trinajstić information content (AvgIpc) is 2.89. The van der Waals surface area contributed by atoms with Gasteiger partial charge in [0.15, 0.2) is 0 Å². The van der Waals surface area contributed by atoms with Crippen molar-refractivity contribution in [3.63, 3.8) is 0 Å². The van der Waals surface area contributed by atoms with Crippen LogP contribution in [0.3, 0.4) is 0 Å². The van der Waals surface area contributed by atoms with Crippen molar-refractivity contribution in [3.8, 4) is 5.75 Å². The second-order valence-corrected chi connectivity index (χ2v) is 13.1. The molecule has 10 heteroatoms. The number of benzene rings is 3. The molecule has 0 saturated carbocycles. The Morgan fingerprint density at radius 1 is 0.892 bits per heavy atom. The second-order valence-electron chi connectivity index (χ2n) is 9.65. The topological polar surface area (TPSA) is 105 Å². The number of hydrogen-bond donors (Lipinski definition) is 2. The molecule has 0 radical (unpaired) electrons. The lowest BCUT2D eigenvalue weighted by molar-refractivity contribution is 0.0945. The van der Waals surface area contributed by atoms with E-state index in [1.165, 1.54) is 19.2 Å². The molecule has 1 aliphatic rings. The van der Waals surface area contributed by atoms with E-state index in [0.29, 0.717) is 17.7 Å². The maximum atomic E-state index is 13.4. The molecule has 200 valence electrons. The molecule has 0 bridgehead atoms. The maximum absolute atomic E-state index is 13.4. The van der Waals surface area contributed by atoms with Crippen molar-refractivity contribution < 1.29 is 21.6 Å². The number of nitrogens with zero attached hydrogens (tertiary/aromatic N) is 1. The van der Waals surface area contributed by atoms with Crippen LogP contribution in [0.4, 0.5) is 0 Å². The first kappa shape index (κ1) is 27.5. The summed E-state index contributed by atoms with van der Waals surface area (Å²) in [5.41, 5.74) is 0. The van der Waals surface area contributed by atoms with Crippen LogP contribution in [0.5, 0.6) is 5.75 Å². The van der Waals surface area contributed by atoms with Gasteiger partial charge in [0, 0.05) is 36.6 Å². The van der Waals surface area contributed by atoms with Gasteiger partial charge in [-0.3, -0.25) is 4.90 Å². The predicted octanol–water partition coefficient (Wildman–Crippen LogP) is 3.74. The van der Waals surface area contributed by atoms with Crippen molar-refractivity contribution in [1.82, 2.24) is 14.3 Å². The number of ether oxygens (including phenoxy) is 1. The summed E-state index contributed by atoms with van der Waals surface area (Å²) in [5, 5.41) is 1.43. The number of hydrogen-bond acceptors (Lipinski definition) is 6. The molecule has 2 N–H and O–H groups in total. The summed E-state index contributed by atoms with van der Waals surface area (Å²) >= 11 is 0. The molecule has 0 aromatic heterocycles. The zero-order valence-electron chi connectivity index (χ0n) is 21.4. The van der Waals surface area contributed by atoms with Crippen molar-refractivity contribution in [2.75, 3.05) is 20.2 Å². The summed E-state index contributed by atoms with van der Waals surface area (Å²) in [5.74, 6) is 0.550. The van der Waals surface area contributed by atoms with Gasteiger partial charge in [0.1, 0.15) is 5.75 Å². The number of methoxy groups -OCH3 is 1. The smallest absolute Gasteiger partial charge is 0.241 e. The minimum absolute atomic E-state index is 0.0864. The van der Waals surface area contributed by atoms with E-state index in [1.54, 1.807) is 36.4 Å². The van der Waals surface area contributed by atoms with Gasteiger partial charge in [-0.25, -0.2) is 26.3 Å². The van der Waals surface area contributed by atoms with Gasteiger partial charge in [-0.15, -0.1) is 0 Å². The summed E-state index contributed by atoms with van der Waals surface area (Å²) < 4.78 is 63.8. The van der Waals surface area contributed by atoms with Crippen LogP contribution in [0.2, 0.25) is 0 Å². The number of rotatable bonds is 10. The van der Waals surface area contributed by atoms with Crippen molar-refractivity contribution in [2.45, 2.75) is 61.0 Å². The van der Waals surface area contributed by atoms with Gasteiger partial charge in [0.2, 0.25) is 20.0 Å². The molecule has 0 unspecified atom stereocenters. The van der Waals surface area contributed by atoms with Gasteiger partial charge in [0.25, 0.3) is 0 Å². The molecule has 1 aliphatic heterocycles. The Kier molecular flexibility index (Phi) is 8.55. The van der Waals surface area contributed by atoms with Gasteiger partial charge < -0.3 is 4.74 Å². The lowest BCUT2D eigenvalue weighted by Crippen LogP contribution is -2.54. The highest BCUT2D eigenvalue weighted by atomic mass is 32.2. The van der Waals surface area contributed by atoms with Crippen LogP contribution < -0.4 is 14.2 Å². The van der Waals surface area contributed by atoms with Crippen LogP contribution >= 0.6 is 0 Å². The Morgan fingerprint density at radius 2 is 1.54 bits per heavy atom. The van der Waals surface area contributed by atoms with Gasteiger partial charge in [0.05, 0.1) is 16.9 Å². The van der Waals surface area contributed by atoms with Crippen molar-refractivity contribution in [2.24, 2.45) is 0 Å². The summed E-state index contributed by atoms with van der Waals surface area (Å²) in [6.07, 6.45) is 3.16. The quantitative estimate of drug-likeness (QED) is 0.402. The number of sulfonamides is 2. The predicted molar refractivity (Wildman–Crippen MR) is 146 cm³/mol. The fourth-order valence-electron chi connectivity index (χ4n) is 4.99. The Labute approximate surface area is 220 Å². The molecular formula is C27H35N3O5S2. The van der Waals surface area contributed by atoms with E-state index in [2.05, 4.69) is 28.2 Å². The fourth-order valence-corrected chi connectivity index (χ4v) is 7.53. The number of nitrogens with one attached hydrogen (secondary N) is 2. The molecule has 1 saturated heterocycles. The zero-order valence-corrected chi connectivity index (χ0v) is 23.1. The normalized spacial score (nSPS) is 20.1. The van der Waals surface area contributed by atoms with Crippen LogP contribution in [0, 0.1) is 0 Å². The van der Waals surface area contributed by atoms with Crippen LogP contribution in [0.15, 0.2) is 76.5 Å². The SMILES string of the molecule is COc1ccc(S(=O)(=O)N[C@@H](CNS(=O)(=O)c2cccc3ccccc23)CN2[C@H](C)CCC[C@@H]2C)cc1. The number of fused-ring (bicyclic) bond motifs is 1. The highest BCUT2D eigenvalue weighted by Crippen LogP contribution is 2.25. The Morgan fingerprint density at radius 3 is 2.22 bits per heavy atom. The largest absolute Gasteiger partial charge is 0.497 e. The zero-order chi connectivity index (χ0) is 26.6. The maximum Gasteiger partial charge on any atom is 0.241 e. The highest BCUT2D eigenvalue weighted by molar-refractivity contribution is 7.90. The molecule has 37 heavy (non-hydrogen) atoms. The van der Waals surface area contributed by atoms with E-state index in [9.17, 15) is 16.8 Å². The third kappa shape index (κ3) is 6.50. The average molecular weight is 546 g/mol. The minimum atomic E-state index is -3.90. The summed E-state index contributed by atoms with van der Waals surface area (Å²) in [6.45, 7) is 4.56. The lowest BCUT2D eigenvalue weighted by atomic mass is 9.97. The number of likely N-dealkylation sites (tertiary alicyclic amines) is 1. The molecule has 0 amide bonds. The van der Waals surface area contributed by atoms with Crippen LogP contribution in [-0.4, -0.2) is 60.1 Å². The van der Waals surface area contributed by atoms with Gasteiger partial charge in [-0.1, -0.05) is 42.8 Å². The number of piperidine rings is 1. The first-order valence-electron chi connectivity index (χ1n) is 12.5. The Hall–Kier alpha value is -2.50. The minimum Gasteiger partial charge on any atom is -0.497 e. The van der Waals surface area contributed by atoms with Gasteiger partial charge in [-0.2, -0.15) is 0 Å². The first-order chi connectivity index (χ1) is 17.6. The molecule has 3 aromatic rings.